The van der Waals surface area contributed by atoms with Gasteiger partial charge in [0.25, 0.3) is 0 Å². The first-order valence-corrected chi connectivity index (χ1v) is 7.70. The van der Waals surface area contributed by atoms with Crippen LogP contribution in [0.25, 0.3) is 0 Å². The second kappa shape index (κ2) is 5.62. The molecule has 0 radical (unpaired) electrons. The lowest BCUT2D eigenvalue weighted by atomic mass is 10.1. The zero-order valence-electron chi connectivity index (χ0n) is 9.54. The summed E-state index contributed by atoms with van der Waals surface area (Å²) in [6.45, 7) is 0.229. The fourth-order valence-corrected chi connectivity index (χ4v) is 3.48. The Kier molecular flexibility index (Phi) is 4.13. The van der Waals surface area contributed by atoms with Crippen molar-refractivity contribution >= 4 is 21.4 Å². The van der Waals surface area contributed by atoms with Crippen molar-refractivity contribution in [2.45, 2.75) is 17.4 Å². The van der Waals surface area contributed by atoms with Gasteiger partial charge in [0, 0.05) is 6.54 Å². The average Bonchev–Trinajstić information content (AvgIpc) is 2.92. The maximum absolute atomic E-state index is 11.8. The molecule has 0 spiro atoms. The summed E-state index contributed by atoms with van der Waals surface area (Å²) in [5.74, 6) is 0. The normalized spacial score (nSPS) is 11.6. The van der Waals surface area contributed by atoms with Gasteiger partial charge in [-0.2, -0.15) is 0 Å². The second-order valence-electron chi connectivity index (χ2n) is 3.73. The third-order valence-electron chi connectivity index (χ3n) is 2.43. The molecule has 96 valence electrons. The number of benzene rings is 1. The monoisotopic (exact) mass is 283 g/mol. The third kappa shape index (κ3) is 3.17. The molecule has 18 heavy (non-hydrogen) atoms. The molecule has 0 aliphatic carbocycles. The smallest absolute Gasteiger partial charge is 0.250 e. The highest BCUT2D eigenvalue weighted by molar-refractivity contribution is 7.91. The van der Waals surface area contributed by atoms with Gasteiger partial charge < -0.3 is 5.11 Å². The van der Waals surface area contributed by atoms with E-state index in [0.717, 1.165) is 11.1 Å². The van der Waals surface area contributed by atoms with E-state index in [-0.39, 0.29) is 13.2 Å². The molecule has 0 atom stereocenters. The first kappa shape index (κ1) is 13.2. The second-order valence-corrected chi connectivity index (χ2v) is 6.67. The predicted octanol–water partition coefficient (Wildman–Crippen LogP) is 1.72. The molecule has 0 unspecified atom stereocenters. The van der Waals surface area contributed by atoms with Crippen molar-refractivity contribution in [3.63, 3.8) is 0 Å². The number of thiophene rings is 1. The average molecular weight is 283 g/mol. The maximum atomic E-state index is 11.8. The number of rotatable bonds is 5. The molecule has 0 amide bonds. The van der Waals surface area contributed by atoms with Crippen molar-refractivity contribution in [3.05, 3.63) is 52.9 Å². The SMILES string of the molecule is O=S(=O)(NCc1ccc(CO)cc1)c1cccs1. The minimum absolute atomic E-state index is 0.0127. The quantitative estimate of drug-likeness (QED) is 0.878. The van der Waals surface area contributed by atoms with Crippen molar-refractivity contribution in [1.82, 2.24) is 4.72 Å². The molecule has 0 saturated heterocycles. The predicted molar refractivity (Wildman–Crippen MR) is 70.7 cm³/mol. The van der Waals surface area contributed by atoms with Gasteiger partial charge in [-0.15, -0.1) is 11.3 Å². The van der Waals surface area contributed by atoms with Crippen LogP contribution in [0.1, 0.15) is 11.1 Å². The molecule has 0 aliphatic rings. The van der Waals surface area contributed by atoms with Crippen LogP contribution in [0.4, 0.5) is 0 Å². The van der Waals surface area contributed by atoms with Crippen molar-refractivity contribution in [2.24, 2.45) is 0 Å². The van der Waals surface area contributed by atoms with Gasteiger partial charge in [0.05, 0.1) is 6.61 Å². The molecule has 2 rings (SSSR count). The van der Waals surface area contributed by atoms with E-state index in [1.807, 2.05) is 0 Å². The van der Waals surface area contributed by atoms with Crippen LogP contribution in [0.5, 0.6) is 0 Å². The van der Waals surface area contributed by atoms with Crippen LogP contribution in [0.2, 0.25) is 0 Å². The maximum Gasteiger partial charge on any atom is 0.250 e. The van der Waals surface area contributed by atoms with Crippen molar-refractivity contribution in [3.8, 4) is 0 Å². The van der Waals surface area contributed by atoms with E-state index in [1.165, 1.54) is 11.3 Å². The van der Waals surface area contributed by atoms with Crippen LogP contribution in [0, 0.1) is 0 Å². The first-order chi connectivity index (χ1) is 8.62. The number of hydrogen-bond donors (Lipinski definition) is 2. The lowest BCUT2D eigenvalue weighted by Crippen LogP contribution is -2.22. The molecule has 1 aromatic carbocycles. The Morgan fingerprint density at radius 1 is 1.11 bits per heavy atom. The Morgan fingerprint density at radius 2 is 1.78 bits per heavy atom. The van der Waals surface area contributed by atoms with Crippen LogP contribution in [0.15, 0.2) is 46.0 Å². The van der Waals surface area contributed by atoms with Crippen molar-refractivity contribution < 1.29 is 13.5 Å². The number of aliphatic hydroxyl groups excluding tert-OH is 1. The summed E-state index contributed by atoms with van der Waals surface area (Å²) in [5, 5.41) is 10.6. The van der Waals surface area contributed by atoms with Gasteiger partial charge in [-0.3, -0.25) is 0 Å². The lowest BCUT2D eigenvalue weighted by Gasteiger charge is -2.05. The topological polar surface area (TPSA) is 66.4 Å². The minimum Gasteiger partial charge on any atom is -0.392 e. The molecular weight excluding hydrogens is 270 g/mol. The molecular formula is C12H13NO3S2. The summed E-state index contributed by atoms with van der Waals surface area (Å²) in [7, 11) is -3.41. The Labute approximate surface area is 110 Å². The van der Waals surface area contributed by atoms with E-state index in [2.05, 4.69) is 4.72 Å². The molecule has 0 bridgehead atoms. The Balaban J connectivity index is 2.03. The molecule has 1 heterocycles. The van der Waals surface area contributed by atoms with Crippen molar-refractivity contribution in [2.75, 3.05) is 0 Å². The molecule has 0 saturated carbocycles. The van der Waals surface area contributed by atoms with Gasteiger partial charge in [0.2, 0.25) is 10.0 Å². The molecule has 4 nitrogen and oxygen atoms in total. The molecule has 6 heteroatoms. The van der Waals surface area contributed by atoms with E-state index in [9.17, 15) is 8.42 Å². The van der Waals surface area contributed by atoms with E-state index < -0.39 is 10.0 Å². The summed E-state index contributed by atoms with van der Waals surface area (Å²) in [6.07, 6.45) is 0. The van der Waals surface area contributed by atoms with Crippen molar-refractivity contribution in [1.29, 1.82) is 0 Å². The molecule has 0 aliphatic heterocycles. The molecule has 0 fully saturated rings. The highest BCUT2D eigenvalue weighted by atomic mass is 32.2. The number of sulfonamides is 1. The fraction of sp³-hybridized carbons (Fsp3) is 0.167. The Bertz CT molecular complexity index is 589. The molecule has 2 aromatic rings. The van der Waals surface area contributed by atoms with E-state index in [1.54, 1.807) is 41.8 Å². The molecule has 1 aromatic heterocycles. The summed E-state index contributed by atoms with van der Waals surface area (Å²) in [5.41, 5.74) is 1.66. The summed E-state index contributed by atoms with van der Waals surface area (Å²) >= 11 is 1.19. The Morgan fingerprint density at radius 3 is 2.33 bits per heavy atom. The van der Waals surface area contributed by atoms with Crippen LogP contribution in [-0.2, 0) is 23.2 Å². The van der Waals surface area contributed by atoms with E-state index >= 15 is 0 Å². The number of aliphatic hydroxyl groups is 1. The van der Waals surface area contributed by atoms with Gasteiger partial charge in [0.15, 0.2) is 0 Å². The zero-order valence-corrected chi connectivity index (χ0v) is 11.2. The Hall–Kier alpha value is -1.21. The zero-order chi connectivity index (χ0) is 13.0. The van der Waals surface area contributed by atoms with Gasteiger partial charge in [-0.25, -0.2) is 13.1 Å². The van der Waals surface area contributed by atoms with E-state index in [0.29, 0.717) is 4.21 Å². The summed E-state index contributed by atoms with van der Waals surface area (Å²) < 4.78 is 26.5. The van der Waals surface area contributed by atoms with E-state index in [4.69, 9.17) is 5.11 Å². The molecule has 2 N–H and O–H groups in total. The fourth-order valence-electron chi connectivity index (χ4n) is 1.43. The van der Waals surface area contributed by atoms with Gasteiger partial charge in [-0.1, -0.05) is 30.3 Å². The summed E-state index contributed by atoms with van der Waals surface area (Å²) in [6, 6.07) is 10.4. The highest BCUT2D eigenvalue weighted by Gasteiger charge is 2.14. The lowest BCUT2D eigenvalue weighted by molar-refractivity contribution is 0.282. The number of hydrogen-bond acceptors (Lipinski definition) is 4. The number of nitrogens with one attached hydrogen (secondary N) is 1. The first-order valence-electron chi connectivity index (χ1n) is 5.34. The van der Waals surface area contributed by atoms with Gasteiger partial charge >= 0.3 is 0 Å². The van der Waals surface area contributed by atoms with Crippen LogP contribution in [-0.4, -0.2) is 13.5 Å². The van der Waals surface area contributed by atoms with Crippen LogP contribution < -0.4 is 4.72 Å². The minimum atomic E-state index is -3.41. The van der Waals surface area contributed by atoms with Gasteiger partial charge in [0.1, 0.15) is 4.21 Å². The third-order valence-corrected chi connectivity index (χ3v) is 5.23. The highest BCUT2D eigenvalue weighted by Crippen LogP contribution is 2.15. The standard InChI is InChI=1S/C12H13NO3S2/c14-9-11-5-3-10(4-6-11)8-13-18(15,16)12-2-1-7-17-12/h1-7,13-14H,8-9H2. The summed E-state index contributed by atoms with van der Waals surface area (Å²) in [4.78, 5) is 0. The van der Waals surface area contributed by atoms with Crippen LogP contribution >= 0.6 is 11.3 Å². The van der Waals surface area contributed by atoms with Crippen LogP contribution in [0.3, 0.4) is 0 Å². The van der Waals surface area contributed by atoms with Gasteiger partial charge in [-0.05, 0) is 22.6 Å². The largest absolute Gasteiger partial charge is 0.392 e.